The van der Waals surface area contributed by atoms with Crippen molar-refractivity contribution in [3.8, 4) is 0 Å². The molecule has 0 radical (unpaired) electrons. The van der Waals surface area contributed by atoms with Gasteiger partial charge in [-0.2, -0.15) is 0 Å². The lowest BCUT2D eigenvalue weighted by atomic mass is 10.1. The van der Waals surface area contributed by atoms with Crippen LogP contribution in [0.15, 0.2) is 36.9 Å². The maximum absolute atomic E-state index is 12.2. The van der Waals surface area contributed by atoms with Crippen molar-refractivity contribution in [1.82, 2.24) is 10.2 Å². The minimum atomic E-state index is -0.431. The first-order valence-electron chi connectivity index (χ1n) is 8.29. The summed E-state index contributed by atoms with van der Waals surface area (Å²) in [4.78, 5) is 27.6. The molecule has 0 saturated carbocycles. The second-order valence-electron chi connectivity index (χ2n) is 6.11. The predicted octanol–water partition coefficient (Wildman–Crippen LogP) is 1.97. The topological polar surface area (TPSA) is 78.7 Å². The molecule has 6 nitrogen and oxygen atoms in total. The van der Waals surface area contributed by atoms with E-state index in [9.17, 15) is 9.59 Å². The normalized spacial score (nSPS) is 16.7. The molecule has 1 aromatic carbocycles. The fourth-order valence-corrected chi connectivity index (χ4v) is 2.91. The molecule has 1 aliphatic rings. The Kier molecular flexibility index (Phi) is 6.23. The summed E-state index contributed by atoms with van der Waals surface area (Å²) in [6, 6.07) is 7.33. The summed E-state index contributed by atoms with van der Waals surface area (Å²) in [7, 11) is 1.80. The number of unbranched alkanes of at least 4 members (excludes halogenated alkanes) is 1. The average molecular weight is 330 g/mol. The second kappa shape index (κ2) is 8.38. The van der Waals surface area contributed by atoms with E-state index in [1.54, 1.807) is 24.1 Å². The van der Waals surface area contributed by atoms with Crippen molar-refractivity contribution >= 4 is 17.6 Å². The smallest absolute Gasteiger partial charge is 0.317 e. The van der Waals surface area contributed by atoms with Gasteiger partial charge in [0.25, 0.3) is 5.91 Å². The molecule has 6 heteroatoms. The molecule has 3 N–H and O–H groups in total. The molecule has 2 rings (SSSR count). The van der Waals surface area contributed by atoms with Gasteiger partial charge in [0.2, 0.25) is 0 Å². The third-order valence-corrected chi connectivity index (χ3v) is 4.27. The van der Waals surface area contributed by atoms with Crippen LogP contribution in [0.3, 0.4) is 0 Å². The van der Waals surface area contributed by atoms with Crippen LogP contribution in [0.4, 0.5) is 10.5 Å². The van der Waals surface area contributed by atoms with E-state index >= 15 is 0 Å². The Hall–Kier alpha value is -2.50. The zero-order chi connectivity index (χ0) is 17.5. The quantitative estimate of drug-likeness (QED) is 0.593. The third kappa shape index (κ3) is 4.50. The van der Waals surface area contributed by atoms with Gasteiger partial charge in [-0.25, -0.2) is 4.79 Å². The van der Waals surface area contributed by atoms with Gasteiger partial charge in [-0.05, 0) is 31.4 Å². The standard InChI is InChI=1S/C18H26N4O2/c1-3-4-7-11-21(2)18(24)20-14-10-12-22(13-14)16-9-6-5-8-15(16)17(19)23/h3,5-6,8-9,14H,1,4,7,10-13H2,2H3,(H2,19,23)(H,20,24). The lowest BCUT2D eigenvalue weighted by Gasteiger charge is -2.23. The van der Waals surface area contributed by atoms with Crippen LogP contribution in [0.1, 0.15) is 29.6 Å². The van der Waals surface area contributed by atoms with Crippen LogP contribution in [0.2, 0.25) is 0 Å². The Labute approximate surface area is 143 Å². The molecular weight excluding hydrogens is 304 g/mol. The number of carbonyl (C=O) groups excluding carboxylic acids is 2. The van der Waals surface area contributed by atoms with Crippen LogP contribution in [-0.4, -0.2) is 49.6 Å². The number of nitrogens with two attached hydrogens (primary N) is 1. The summed E-state index contributed by atoms with van der Waals surface area (Å²) in [6.45, 7) is 5.86. The molecule has 1 heterocycles. The van der Waals surface area contributed by atoms with E-state index < -0.39 is 5.91 Å². The van der Waals surface area contributed by atoms with Crippen molar-refractivity contribution in [2.45, 2.75) is 25.3 Å². The van der Waals surface area contributed by atoms with Crippen LogP contribution in [-0.2, 0) is 0 Å². The van der Waals surface area contributed by atoms with Gasteiger partial charge in [-0.3, -0.25) is 4.79 Å². The third-order valence-electron chi connectivity index (χ3n) is 4.27. The molecule has 0 spiro atoms. The van der Waals surface area contributed by atoms with Gasteiger partial charge >= 0.3 is 6.03 Å². The van der Waals surface area contributed by atoms with Gasteiger partial charge in [0, 0.05) is 38.4 Å². The minimum absolute atomic E-state index is 0.0610. The number of carbonyl (C=O) groups is 2. The highest BCUT2D eigenvalue weighted by atomic mass is 16.2. The Morgan fingerprint density at radius 1 is 1.46 bits per heavy atom. The number of anilines is 1. The van der Waals surface area contributed by atoms with Gasteiger partial charge in [0.15, 0.2) is 0 Å². The lowest BCUT2D eigenvalue weighted by Crippen LogP contribution is -2.44. The largest absolute Gasteiger partial charge is 0.369 e. The Bertz CT molecular complexity index is 602. The molecule has 1 fully saturated rings. The number of urea groups is 1. The van der Waals surface area contributed by atoms with E-state index in [1.807, 2.05) is 18.2 Å². The molecule has 1 aromatic rings. The van der Waals surface area contributed by atoms with Crippen molar-refractivity contribution in [1.29, 1.82) is 0 Å². The number of primary amides is 1. The molecule has 24 heavy (non-hydrogen) atoms. The highest BCUT2D eigenvalue weighted by molar-refractivity contribution is 5.98. The van der Waals surface area contributed by atoms with Crippen molar-refractivity contribution in [3.05, 3.63) is 42.5 Å². The molecule has 1 saturated heterocycles. The predicted molar refractivity (Wildman–Crippen MR) is 96.2 cm³/mol. The van der Waals surface area contributed by atoms with Gasteiger partial charge in [0.05, 0.1) is 5.56 Å². The molecular formula is C18H26N4O2. The van der Waals surface area contributed by atoms with Gasteiger partial charge < -0.3 is 20.9 Å². The number of hydrogen-bond donors (Lipinski definition) is 2. The van der Waals surface area contributed by atoms with Crippen molar-refractivity contribution in [2.24, 2.45) is 5.73 Å². The minimum Gasteiger partial charge on any atom is -0.369 e. The summed E-state index contributed by atoms with van der Waals surface area (Å²) in [6.07, 6.45) is 4.52. The first-order chi connectivity index (χ1) is 11.5. The molecule has 3 amide bonds. The summed E-state index contributed by atoms with van der Waals surface area (Å²) in [5.74, 6) is -0.431. The molecule has 0 aliphatic carbocycles. The number of amides is 3. The zero-order valence-corrected chi connectivity index (χ0v) is 14.2. The fraction of sp³-hybridized carbons (Fsp3) is 0.444. The van der Waals surface area contributed by atoms with Crippen LogP contribution in [0.25, 0.3) is 0 Å². The van der Waals surface area contributed by atoms with E-state index in [1.165, 1.54) is 0 Å². The monoisotopic (exact) mass is 330 g/mol. The number of nitrogens with zero attached hydrogens (tertiary/aromatic N) is 2. The summed E-state index contributed by atoms with van der Waals surface area (Å²) in [5, 5.41) is 3.06. The van der Waals surface area contributed by atoms with Crippen LogP contribution >= 0.6 is 0 Å². The Morgan fingerprint density at radius 3 is 2.92 bits per heavy atom. The number of para-hydroxylation sites is 1. The van der Waals surface area contributed by atoms with Crippen LogP contribution in [0.5, 0.6) is 0 Å². The summed E-state index contributed by atoms with van der Waals surface area (Å²) in [5.41, 5.74) is 6.80. The SMILES string of the molecule is C=CCCCN(C)C(=O)NC1CCN(c2ccccc2C(N)=O)C1. The van der Waals surface area contributed by atoms with Crippen LogP contribution < -0.4 is 16.0 Å². The van der Waals surface area contributed by atoms with E-state index in [0.717, 1.165) is 31.5 Å². The Morgan fingerprint density at radius 2 is 2.21 bits per heavy atom. The highest BCUT2D eigenvalue weighted by Crippen LogP contribution is 2.24. The molecule has 0 aromatic heterocycles. The first-order valence-corrected chi connectivity index (χ1v) is 8.29. The molecule has 130 valence electrons. The van der Waals surface area contributed by atoms with Gasteiger partial charge in [-0.15, -0.1) is 6.58 Å². The fourth-order valence-electron chi connectivity index (χ4n) is 2.91. The zero-order valence-electron chi connectivity index (χ0n) is 14.2. The van der Waals surface area contributed by atoms with Crippen molar-refractivity contribution < 1.29 is 9.59 Å². The number of rotatable bonds is 7. The molecule has 1 aliphatic heterocycles. The van der Waals surface area contributed by atoms with E-state index in [0.29, 0.717) is 18.7 Å². The molecule has 0 bridgehead atoms. The van der Waals surface area contributed by atoms with E-state index in [-0.39, 0.29) is 12.1 Å². The van der Waals surface area contributed by atoms with E-state index in [2.05, 4.69) is 16.8 Å². The number of benzene rings is 1. The van der Waals surface area contributed by atoms with Crippen molar-refractivity contribution in [3.63, 3.8) is 0 Å². The van der Waals surface area contributed by atoms with Gasteiger partial charge in [-0.1, -0.05) is 18.2 Å². The van der Waals surface area contributed by atoms with Crippen molar-refractivity contribution in [2.75, 3.05) is 31.6 Å². The lowest BCUT2D eigenvalue weighted by molar-refractivity contribution is 0.100. The first kappa shape index (κ1) is 17.8. The number of nitrogens with one attached hydrogen (secondary N) is 1. The number of allylic oxidation sites excluding steroid dienone is 1. The van der Waals surface area contributed by atoms with Crippen LogP contribution in [0, 0.1) is 0 Å². The molecule has 1 atom stereocenters. The summed E-state index contributed by atoms with van der Waals surface area (Å²) >= 11 is 0. The van der Waals surface area contributed by atoms with Gasteiger partial charge in [0.1, 0.15) is 0 Å². The second-order valence-corrected chi connectivity index (χ2v) is 6.11. The maximum atomic E-state index is 12.2. The maximum Gasteiger partial charge on any atom is 0.317 e. The Balaban J connectivity index is 1.90. The molecule has 1 unspecified atom stereocenters. The number of hydrogen-bond acceptors (Lipinski definition) is 3. The highest BCUT2D eigenvalue weighted by Gasteiger charge is 2.26. The average Bonchev–Trinajstić information content (AvgIpc) is 3.03. The summed E-state index contributed by atoms with van der Waals surface area (Å²) < 4.78 is 0. The van der Waals surface area contributed by atoms with E-state index in [4.69, 9.17) is 5.73 Å².